The number of rotatable bonds is 8. The van der Waals surface area contributed by atoms with Gasteiger partial charge < -0.3 is 24.8 Å². The van der Waals surface area contributed by atoms with Gasteiger partial charge in [0.25, 0.3) is 0 Å². The van der Waals surface area contributed by atoms with Crippen molar-refractivity contribution in [3.8, 4) is 5.75 Å². The van der Waals surface area contributed by atoms with E-state index in [1.807, 2.05) is 24.3 Å². The molecule has 1 aromatic heterocycles. The highest BCUT2D eigenvalue weighted by molar-refractivity contribution is 5.47. The Morgan fingerprint density at radius 2 is 2.12 bits per heavy atom. The zero-order valence-corrected chi connectivity index (χ0v) is 15.4. The molecule has 0 saturated carbocycles. The number of nitrogens with two attached hydrogens (primary N) is 1. The number of nitrogen functional groups attached to an aromatic ring is 1. The number of anilines is 2. The molecule has 0 radical (unpaired) electrons. The van der Waals surface area contributed by atoms with Crippen LogP contribution in [0.15, 0.2) is 30.3 Å². The fourth-order valence-corrected chi connectivity index (χ4v) is 3.13. The number of ether oxygens (including phenoxy) is 3. The summed E-state index contributed by atoms with van der Waals surface area (Å²) in [6, 6.07) is 9.99. The molecule has 1 aliphatic heterocycles. The third-order valence-electron chi connectivity index (χ3n) is 4.54. The van der Waals surface area contributed by atoms with Crippen molar-refractivity contribution in [2.45, 2.75) is 18.9 Å². The molecule has 1 atom stereocenters. The van der Waals surface area contributed by atoms with Gasteiger partial charge in [0, 0.05) is 44.4 Å². The summed E-state index contributed by atoms with van der Waals surface area (Å²) >= 11 is 0. The molecule has 0 aliphatic carbocycles. The van der Waals surface area contributed by atoms with E-state index in [1.165, 1.54) is 0 Å². The van der Waals surface area contributed by atoms with E-state index in [2.05, 4.69) is 20.9 Å². The van der Waals surface area contributed by atoms with Crippen LogP contribution in [-0.4, -0.2) is 50.6 Å². The van der Waals surface area contributed by atoms with Gasteiger partial charge in [0.2, 0.25) is 5.95 Å². The molecule has 7 nitrogen and oxygen atoms in total. The third-order valence-corrected chi connectivity index (χ3v) is 4.54. The summed E-state index contributed by atoms with van der Waals surface area (Å²) in [4.78, 5) is 11.0. The van der Waals surface area contributed by atoms with E-state index in [9.17, 15) is 0 Å². The monoisotopic (exact) mass is 358 g/mol. The molecule has 1 aromatic carbocycles. The molecule has 26 heavy (non-hydrogen) atoms. The Hall–Kier alpha value is -2.38. The summed E-state index contributed by atoms with van der Waals surface area (Å²) in [7, 11) is 3.37. The lowest BCUT2D eigenvalue weighted by molar-refractivity contribution is 0.193. The van der Waals surface area contributed by atoms with Crippen LogP contribution in [0.3, 0.4) is 0 Å². The van der Waals surface area contributed by atoms with Crippen molar-refractivity contribution in [3.05, 3.63) is 41.6 Å². The van der Waals surface area contributed by atoms with Crippen LogP contribution >= 0.6 is 0 Å². The van der Waals surface area contributed by atoms with Crippen molar-refractivity contribution in [2.24, 2.45) is 0 Å². The van der Waals surface area contributed by atoms with Gasteiger partial charge in [-0.2, -0.15) is 4.98 Å². The smallest absolute Gasteiger partial charge is 0.222 e. The van der Waals surface area contributed by atoms with Crippen LogP contribution in [-0.2, 0) is 16.0 Å². The van der Waals surface area contributed by atoms with E-state index in [-0.39, 0.29) is 11.9 Å². The van der Waals surface area contributed by atoms with Crippen molar-refractivity contribution < 1.29 is 14.2 Å². The highest BCUT2D eigenvalue weighted by atomic mass is 16.5. The first-order chi connectivity index (χ1) is 12.7. The molecule has 1 aliphatic rings. The first-order valence-electron chi connectivity index (χ1n) is 8.79. The summed E-state index contributed by atoms with van der Waals surface area (Å²) in [6.07, 6.45) is 0.959. The summed E-state index contributed by atoms with van der Waals surface area (Å²) in [5.74, 6) is 2.20. The van der Waals surface area contributed by atoms with Gasteiger partial charge in [-0.05, 0) is 12.5 Å². The molecule has 2 N–H and O–H groups in total. The van der Waals surface area contributed by atoms with Gasteiger partial charge in [0.05, 0.1) is 26.0 Å². The number of nitrogens with zero attached hydrogens (tertiary/aromatic N) is 3. The van der Waals surface area contributed by atoms with Crippen LogP contribution in [0.25, 0.3) is 0 Å². The highest BCUT2D eigenvalue weighted by Gasteiger charge is 2.22. The molecule has 3 rings (SSSR count). The third kappa shape index (κ3) is 4.42. The molecule has 0 amide bonds. The van der Waals surface area contributed by atoms with Crippen molar-refractivity contribution in [2.75, 3.05) is 51.2 Å². The van der Waals surface area contributed by atoms with Gasteiger partial charge in [-0.3, -0.25) is 0 Å². The zero-order chi connectivity index (χ0) is 18.4. The van der Waals surface area contributed by atoms with Crippen molar-refractivity contribution in [1.82, 2.24) is 9.97 Å². The van der Waals surface area contributed by atoms with Gasteiger partial charge in [0.1, 0.15) is 11.6 Å². The van der Waals surface area contributed by atoms with E-state index in [1.54, 1.807) is 14.2 Å². The summed E-state index contributed by atoms with van der Waals surface area (Å²) in [6.45, 7) is 3.36. The van der Waals surface area contributed by atoms with E-state index in [4.69, 9.17) is 19.9 Å². The zero-order valence-electron chi connectivity index (χ0n) is 15.4. The first kappa shape index (κ1) is 18.4. The molecule has 2 heterocycles. The van der Waals surface area contributed by atoms with Crippen LogP contribution in [0.2, 0.25) is 0 Å². The standard InChI is InChI=1S/C19H26N4O3/c1-24-10-8-23(12-14-5-3-4-6-17(14)25-2)18-11-16(21-19(20)22-18)15-7-9-26-13-15/h3-6,11,15H,7-10,12-13H2,1-2H3,(H2,20,21,22)/t15-/m1/s1. The topological polar surface area (TPSA) is 82.7 Å². The summed E-state index contributed by atoms with van der Waals surface area (Å²) < 4.78 is 16.3. The molecular weight excluding hydrogens is 332 g/mol. The lowest BCUT2D eigenvalue weighted by atomic mass is 10.0. The molecule has 0 unspecified atom stereocenters. The van der Waals surface area contributed by atoms with Gasteiger partial charge >= 0.3 is 0 Å². The Morgan fingerprint density at radius 1 is 1.27 bits per heavy atom. The largest absolute Gasteiger partial charge is 0.496 e. The normalized spacial score (nSPS) is 16.6. The number of hydrogen-bond donors (Lipinski definition) is 1. The SMILES string of the molecule is COCCN(Cc1ccccc1OC)c1cc([C@@H]2CCOC2)nc(N)n1. The second-order valence-corrected chi connectivity index (χ2v) is 6.30. The van der Waals surface area contributed by atoms with E-state index in [0.29, 0.717) is 26.3 Å². The molecule has 2 aromatic rings. The molecule has 7 heteroatoms. The van der Waals surface area contributed by atoms with Crippen molar-refractivity contribution >= 4 is 11.8 Å². The fraction of sp³-hybridized carbons (Fsp3) is 0.474. The van der Waals surface area contributed by atoms with Gasteiger partial charge in [-0.25, -0.2) is 4.98 Å². The van der Waals surface area contributed by atoms with E-state index >= 15 is 0 Å². The van der Waals surface area contributed by atoms with Gasteiger partial charge in [-0.1, -0.05) is 18.2 Å². The molecule has 1 fully saturated rings. The Morgan fingerprint density at radius 3 is 2.85 bits per heavy atom. The van der Waals surface area contributed by atoms with E-state index in [0.717, 1.165) is 35.9 Å². The maximum Gasteiger partial charge on any atom is 0.222 e. The molecule has 0 spiro atoms. The van der Waals surface area contributed by atoms with Crippen LogP contribution in [0, 0.1) is 0 Å². The summed E-state index contributed by atoms with van der Waals surface area (Å²) in [5, 5.41) is 0. The minimum atomic E-state index is 0.273. The quantitative estimate of drug-likeness (QED) is 0.775. The predicted octanol–water partition coefficient (Wildman–Crippen LogP) is 2.22. The predicted molar refractivity (Wildman–Crippen MR) is 101 cm³/mol. The lowest BCUT2D eigenvalue weighted by Crippen LogP contribution is -2.28. The Balaban J connectivity index is 1.89. The van der Waals surface area contributed by atoms with Crippen LogP contribution in [0.1, 0.15) is 23.6 Å². The van der Waals surface area contributed by atoms with E-state index < -0.39 is 0 Å². The van der Waals surface area contributed by atoms with Gasteiger partial charge in [-0.15, -0.1) is 0 Å². The molecular formula is C19H26N4O3. The van der Waals surface area contributed by atoms with Crippen LogP contribution in [0.5, 0.6) is 5.75 Å². The van der Waals surface area contributed by atoms with Gasteiger partial charge in [0.15, 0.2) is 0 Å². The lowest BCUT2D eigenvalue weighted by Gasteiger charge is -2.25. The maximum atomic E-state index is 6.00. The average Bonchev–Trinajstić information content (AvgIpc) is 3.19. The average molecular weight is 358 g/mol. The number of hydrogen-bond acceptors (Lipinski definition) is 7. The molecule has 140 valence electrons. The van der Waals surface area contributed by atoms with Crippen LogP contribution < -0.4 is 15.4 Å². The Kier molecular flexibility index (Phi) is 6.25. The number of benzene rings is 1. The second-order valence-electron chi connectivity index (χ2n) is 6.30. The first-order valence-corrected chi connectivity index (χ1v) is 8.79. The minimum absolute atomic E-state index is 0.273. The molecule has 0 bridgehead atoms. The van der Waals surface area contributed by atoms with Crippen molar-refractivity contribution in [3.63, 3.8) is 0 Å². The number of para-hydroxylation sites is 1. The van der Waals surface area contributed by atoms with Crippen LogP contribution in [0.4, 0.5) is 11.8 Å². The number of methoxy groups -OCH3 is 2. The fourth-order valence-electron chi connectivity index (χ4n) is 3.13. The summed E-state index contributed by atoms with van der Waals surface area (Å²) in [5.41, 5.74) is 8.01. The molecule has 1 saturated heterocycles. The van der Waals surface area contributed by atoms with Crippen molar-refractivity contribution in [1.29, 1.82) is 0 Å². The Labute approximate surface area is 154 Å². The minimum Gasteiger partial charge on any atom is -0.496 e. The number of aromatic nitrogens is 2. The maximum absolute atomic E-state index is 6.00. The highest BCUT2D eigenvalue weighted by Crippen LogP contribution is 2.28. The second kappa shape index (κ2) is 8.82. The Bertz CT molecular complexity index is 720.